The van der Waals surface area contributed by atoms with Gasteiger partial charge in [0.05, 0.1) is 0 Å². The van der Waals surface area contributed by atoms with Crippen molar-refractivity contribution in [1.29, 1.82) is 0 Å². The molecule has 1 nitrogen and oxygen atoms in total. The lowest BCUT2D eigenvalue weighted by Crippen LogP contribution is -2.00. The van der Waals surface area contributed by atoms with Crippen LogP contribution in [0.2, 0.25) is 0 Å². The first kappa shape index (κ1) is 23.5. The van der Waals surface area contributed by atoms with E-state index < -0.39 is 0 Å². The minimum Gasteiger partial charge on any atom is -0.507 e. The van der Waals surface area contributed by atoms with Gasteiger partial charge in [-0.15, -0.1) is 0 Å². The largest absolute Gasteiger partial charge is 0.507 e. The molecule has 2 atom stereocenters. The number of hydrogen-bond donors (Lipinski definition) is 1. The topological polar surface area (TPSA) is 20.2 Å². The minimum absolute atomic E-state index is 0.420. The third-order valence-corrected chi connectivity index (χ3v) is 6.27. The van der Waals surface area contributed by atoms with Crippen LogP contribution in [-0.4, -0.2) is 5.11 Å². The number of rotatable bonds is 13. The maximum Gasteiger partial charge on any atom is 0.123 e. The number of unbranched alkanes of at least 4 members (excludes halogenated alkanes) is 2. The molecule has 0 heterocycles. The molecule has 0 aliphatic rings. The highest BCUT2D eigenvalue weighted by atomic mass is 16.3. The highest BCUT2D eigenvalue weighted by Gasteiger charge is 2.14. The molecular weight excluding hydrogens is 352 g/mol. The van der Waals surface area contributed by atoms with Crippen LogP contribution >= 0.6 is 0 Å². The van der Waals surface area contributed by atoms with Crippen LogP contribution in [0.4, 0.5) is 0 Å². The highest BCUT2D eigenvalue weighted by molar-refractivity contribution is 5.71. The van der Waals surface area contributed by atoms with Gasteiger partial charge < -0.3 is 5.11 Å². The van der Waals surface area contributed by atoms with Crippen molar-refractivity contribution in [2.24, 2.45) is 0 Å². The summed E-state index contributed by atoms with van der Waals surface area (Å²) in [5.41, 5.74) is 4.80. The molecule has 1 N–H and O–H groups in total. The molecule has 2 rings (SSSR count). The molecule has 0 bridgehead atoms. The summed E-state index contributed by atoms with van der Waals surface area (Å²) in [4.78, 5) is 0. The standard InChI is InChI=1S/C28H42O/c1-5-9-13-22(11-7-3)24-15-17-25(18-16-24)27-20-19-26(21-28(27)29)23(12-8-4)14-10-6-2/h15-23,29H,5-14H2,1-4H3. The number of phenols is 1. The molecular formula is C28H42O. The molecule has 2 unspecified atom stereocenters. The van der Waals surface area contributed by atoms with E-state index in [1.54, 1.807) is 0 Å². The lowest BCUT2D eigenvalue weighted by molar-refractivity contribution is 0.473. The average Bonchev–Trinajstić information content (AvgIpc) is 2.74. The average molecular weight is 395 g/mol. The van der Waals surface area contributed by atoms with Gasteiger partial charge in [-0.1, -0.05) is 103 Å². The first-order valence-electron chi connectivity index (χ1n) is 12.1. The van der Waals surface area contributed by atoms with Crippen LogP contribution in [0.15, 0.2) is 42.5 Å². The summed E-state index contributed by atoms with van der Waals surface area (Å²) < 4.78 is 0. The third kappa shape index (κ3) is 6.91. The van der Waals surface area contributed by atoms with E-state index in [-0.39, 0.29) is 0 Å². The van der Waals surface area contributed by atoms with E-state index in [0.29, 0.717) is 17.6 Å². The van der Waals surface area contributed by atoms with E-state index in [1.807, 2.05) is 6.07 Å². The van der Waals surface area contributed by atoms with Gasteiger partial charge in [-0.3, -0.25) is 0 Å². The molecule has 0 aromatic heterocycles. The van der Waals surface area contributed by atoms with Crippen molar-refractivity contribution >= 4 is 0 Å². The molecule has 0 aliphatic carbocycles. The Morgan fingerprint density at radius 1 is 0.621 bits per heavy atom. The molecule has 0 fully saturated rings. The molecule has 0 radical (unpaired) electrons. The van der Waals surface area contributed by atoms with E-state index in [9.17, 15) is 5.11 Å². The van der Waals surface area contributed by atoms with Gasteiger partial charge >= 0.3 is 0 Å². The molecule has 0 saturated carbocycles. The fourth-order valence-corrected chi connectivity index (χ4v) is 4.53. The number of phenolic OH excluding ortho intramolecular Hbond substituents is 1. The van der Waals surface area contributed by atoms with Gasteiger partial charge in [-0.25, -0.2) is 0 Å². The molecule has 0 saturated heterocycles. The second-order valence-corrected chi connectivity index (χ2v) is 8.65. The van der Waals surface area contributed by atoms with E-state index in [2.05, 4.69) is 64.1 Å². The second-order valence-electron chi connectivity index (χ2n) is 8.65. The molecule has 0 amide bonds. The van der Waals surface area contributed by atoms with E-state index in [0.717, 1.165) is 11.1 Å². The Bertz CT molecular complexity index is 701. The van der Waals surface area contributed by atoms with Crippen LogP contribution in [0, 0.1) is 0 Å². The Morgan fingerprint density at radius 3 is 1.62 bits per heavy atom. The molecule has 0 aliphatic heterocycles. The van der Waals surface area contributed by atoms with Crippen molar-refractivity contribution in [3.63, 3.8) is 0 Å². The van der Waals surface area contributed by atoms with E-state index >= 15 is 0 Å². The van der Waals surface area contributed by atoms with Gasteiger partial charge in [0.15, 0.2) is 0 Å². The number of aromatic hydroxyl groups is 1. The monoisotopic (exact) mass is 394 g/mol. The lowest BCUT2D eigenvalue weighted by atomic mass is 9.87. The summed E-state index contributed by atoms with van der Waals surface area (Å²) in [6, 6.07) is 15.3. The van der Waals surface area contributed by atoms with Crippen molar-refractivity contribution in [2.45, 2.75) is 104 Å². The molecule has 2 aromatic rings. The Labute approximate surface area is 179 Å². The second kappa shape index (κ2) is 12.7. The smallest absolute Gasteiger partial charge is 0.123 e. The molecule has 0 spiro atoms. The van der Waals surface area contributed by atoms with Crippen LogP contribution in [0.5, 0.6) is 5.75 Å². The fourth-order valence-electron chi connectivity index (χ4n) is 4.53. The van der Waals surface area contributed by atoms with Gasteiger partial charge in [0.1, 0.15) is 5.75 Å². The summed E-state index contributed by atoms with van der Waals surface area (Å²) in [5, 5.41) is 10.8. The third-order valence-electron chi connectivity index (χ3n) is 6.27. The van der Waals surface area contributed by atoms with Crippen molar-refractivity contribution < 1.29 is 5.11 Å². The zero-order valence-corrected chi connectivity index (χ0v) is 19.2. The minimum atomic E-state index is 0.420. The van der Waals surface area contributed by atoms with Crippen molar-refractivity contribution in [3.05, 3.63) is 53.6 Å². The normalized spacial score (nSPS) is 13.4. The van der Waals surface area contributed by atoms with E-state index in [4.69, 9.17) is 0 Å². The number of hydrogen-bond acceptors (Lipinski definition) is 1. The summed E-state index contributed by atoms with van der Waals surface area (Å²) in [6.07, 6.45) is 12.4. The van der Waals surface area contributed by atoms with Gasteiger partial charge in [-0.2, -0.15) is 0 Å². The van der Waals surface area contributed by atoms with Crippen LogP contribution in [0.3, 0.4) is 0 Å². The summed E-state index contributed by atoms with van der Waals surface area (Å²) in [5.74, 6) is 1.65. The predicted molar refractivity (Wildman–Crippen MR) is 128 cm³/mol. The van der Waals surface area contributed by atoms with Crippen LogP contribution in [0.1, 0.15) is 115 Å². The predicted octanol–water partition coefficient (Wildman–Crippen LogP) is 9.21. The van der Waals surface area contributed by atoms with Crippen molar-refractivity contribution in [3.8, 4) is 16.9 Å². The maximum absolute atomic E-state index is 10.8. The molecule has 2 aromatic carbocycles. The van der Waals surface area contributed by atoms with E-state index in [1.165, 1.54) is 75.3 Å². The Kier molecular flexibility index (Phi) is 10.3. The molecule has 160 valence electrons. The van der Waals surface area contributed by atoms with Gasteiger partial charge in [0.2, 0.25) is 0 Å². The Balaban J connectivity index is 2.19. The molecule has 1 heteroatoms. The highest BCUT2D eigenvalue weighted by Crippen LogP contribution is 2.36. The SMILES string of the molecule is CCCCC(CCC)c1ccc(-c2ccc(C(CCC)CCCC)cc2O)cc1. The molecule has 29 heavy (non-hydrogen) atoms. The first-order valence-corrected chi connectivity index (χ1v) is 12.1. The van der Waals surface area contributed by atoms with Crippen LogP contribution < -0.4 is 0 Å². The van der Waals surface area contributed by atoms with Gasteiger partial charge in [-0.05, 0) is 60.3 Å². The summed E-state index contributed by atoms with van der Waals surface area (Å²) in [7, 11) is 0. The Hall–Kier alpha value is -1.76. The Morgan fingerprint density at radius 2 is 1.14 bits per heavy atom. The van der Waals surface area contributed by atoms with Crippen molar-refractivity contribution in [2.75, 3.05) is 0 Å². The zero-order chi connectivity index (χ0) is 21.1. The quantitative estimate of drug-likeness (QED) is 0.359. The van der Waals surface area contributed by atoms with Gasteiger partial charge in [0, 0.05) is 5.56 Å². The summed E-state index contributed by atoms with van der Waals surface area (Å²) in [6.45, 7) is 9.05. The first-order chi connectivity index (χ1) is 14.1. The van der Waals surface area contributed by atoms with Crippen LogP contribution in [-0.2, 0) is 0 Å². The lowest BCUT2D eigenvalue weighted by Gasteiger charge is -2.19. The zero-order valence-electron chi connectivity index (χ0n) is 19.2. The maximum atomic E-state index is 10.8. The van der Waals surface area contributed by atoms with Gasteiger partial charge in [0.25, 0.3) is 0 Å². The fraction of sp³-hybridized carbons (Fsp3) is 0.571. The van der Waals surface area contributed by atoms with Crippen molar-refractivity contribution in [1.82, 2.24) is 0 Å². The van der Waals surface area contributed by atoms with Crippen LogP contribution in [0.25, 0.3) is 11.1 Å². The summed E-state index contributed by atoms with van der Waals surface area (Å²) >= 11 is 0. The number of benzene rings is 2.